The van der Waals surface area contributed by atoms with Crippen molar-refractivity contribution in [3.05, 3.63) is 71.3 Å². The van der Waals surface area contributed by atoms with Crippen molar-refractivity contribution in [3.8, 4) is 11.4 Å². The van der Waals surface area contributed by atoms with Gasteiger partial charge in [-0.2, -0.15) is 4.98 Å². The first-order valence-corrected chi connectivity index (χ1v) is 11.6. The van der Waals surface area contributed by atoms with E-state index in [-0.39, 0.29) is 5.97 Å². The first-order valence-electron chi connectivity index (χ1n) is 11.6. The first-order chi connectivity index (χ1) is 16.7. The monoisotopic (exact) mass is 461 g/mol. The predicted octanol–water partition coefficient (Wildman–Crippen LogP) is 3.30. The Hall–Kier alpha value is -3.49. The fourth-order valence-corrected chi connectivity index (χ4v) is 3.98. The van der Waals surface area contributed by atoms with Gasteiger partial charge in [0.1, 0.15) is 0 Å². The minimum absolute atomic E-state index is 0.264. The third-order valence-corrected chi connectivity index (χ3v) is 5.83. The van der Waals surface area contributed by atoms with Crippen LogP contribution in [0.25, 0.3) is 17.0 Å². The van der Waals surface area contributed by atoms with Gasteiger partial charge >= 0.3 is 12.0 Å². The Kier molecular flexibility index (Phi) is 8.06. The summed E-state index contributed by atoms with van der Waals surface area (Å²) in [4.78, 5) is 18.3. The van der Waals surface area contributed by atoms with Crippen molar-refractivity contribution < 1.29 is 14.1 Å². The van der Waals surface area contributed by atoms with Gasteiger partial charge in [-0.25, -0.2) is 4.79 Å². The van der Waals surface area contributed by atoms with E-state index in [0.29, 0.717) is 17.4 Å². The molecule has 0 bridgehead atoms. The first kappa shape index (κ1) is 23.7. The van der Waals surface area contributed by atoms with E-state index in [1.54, 1.807) is 0 Å². The molecule has 0 amide bonds. The molecule has 3 heterocycles. The number of methoxy groups -OCH3 is 1. The van der Waals surface area contributed by atoms with Crippen LogP contribution in [0.5, 0.6) is 0 Å². The van der Waals surface area contributed by atoms with Gasteiger partial charge in [0, 0.05) is 38.3 Å². The SMILES string of the molecule is COC(=O)c1ccc(C)cc1C1=CCNCC1.c1ccc(-c2noc(N3CCNCC3)n2)cc1. The van der Waals surface area contributed by atoms with Gasteiger partial charge in [0.2, 0.25) is 5.82 Å². The molecule has 8 nitrogen and oxygen atoms in total. The van der Waals surface area contributed by atoms with Crippen molar-refractivity contribution in [3.63, 3.8) is 0 Å². The molecule has 0 unspecified atom stereocenters. The molecule has 2 aliphatic rings. The van der Waals surface area contributed by atoms with E-state index < -0.39 is 0 Å². The largest absolute Gasteiger partial charge is 0.465 e. The number of carbonyl (C=O) groups excluding carboxylic acids is 1. The van der Waals surface area contributed by atoms with Gasteiger partial charge in [0.05, 0.1) is 12.7 Å². The quantitative estimate of drug-likeness (QED) is 0.572. The van der Waals surface area contributed by atoms with E-state index in [1.165, 1.54) is 12.7 Å². The van der Waals surface area contributed by atoms with Gasteiger partial charge in [-0.05, 0) is 37.1 Å². The topological polar surface area (TPSA) is 92.5 Å². The van der Waals surface area contributed by atoms with Crippen LogP contribution < -0.4 is 15.5 Å². The summed E-state index contributed by atoms with van der Waals surface area (Å²) in [5.74, 6) is 0.388. The Bertz CT molecular complexity index is 1120. The maximum atomic E-state index is 11.7. The number of aromatic nitrogens is 2. The molecule has 0 atom stereocenters. The van der Waals surface area contributed by atoms with E-state index in [2.05, 4.69) is 37.8 Å². The summed E-state index contributed by atoms with van der Waals surface area (Å²) in [5, 5.41) is 10.6. The minimum Gasteiger partial charge on any atom is -0.465 e. The van der Waals surface area contributed by atoms with Crippen LogP contribution in [0.1, 0.15) is 27.9 Å². The molecule has 34 heavy (non-hydrogen) atoms. The summed E-state index contributed by atoms with van der Waals surface area (Å²) >= 11 is 0. The van der Waals surface area contributed by atoms with Crippen LogP contribution in [-0.4, -0.2) is 62.5 Å². The van der Waals surface area contributed by atoms with Crippen LogP contribution in [0.15, 0.2) is 59.1 Å². The molecule has 1 fully saturated rings. The summed E-state index contributed by atoms with van der Waals surface area (Å²) in [5.41, 5.74) is 5.04. The lowest BCUT2D eigenvalue weighted by Crippen LogP contribution is -2.43. The second kappa shape index (κ2) is 11.6. The molecule has 0 aliphatic carbocycles. The molecule has 8 heteroatoms. The number of hydrogen-bond acceptors (Lipinski definition) is 8. The molecular formula is C26H31N5O3. The Morgan fingerprint density at radius 3 is 2.56 bits per heavy atom. The molecule has 0 spiro atoms. The van der Waals surface area contributed by atoms with Gasteiger partial charge in [-0.3, -0.25) is 0 Å². The van der Waals surface area contributed by atoms with Crippen molar-refractivity contribution in [2.75, 3.05) is 51.3 Å². The standard InChI is InChI=1S/C14H17NO2.C12H14N4O/c1-10-3-4-12(14(16)17-2)13(9-10)11-5-7-15-8-6-11;1-2-4-10(5-3-1)11-14-12(17-15-11)16-8-6-13-7-9-16/h3-5,9,15H,6-8H2,1-2H3;1-5,13H,6-9H2. The number of piperazine rings is 1. The maximum absolute atomic E-state index is 11.7. The van der Waals surface area contributed by atoms with Gasteiger partial charge in [-0.1, -0.05) is 59.3 Å². The van der Waals surface area contributed by atoms with Crippen LogP contribution in [0.2, 0.25) is 0 Å². The average Bonchev–Trinajstić information content (AvgIpc) is 3.41. The molecule has 178 valence electrons. The molecule has 0 radical (unpaired) electrons. The fraction of sp³-hybridized carbons (Fsp3) is 0.346. The van der Waals surface area contributed by atoms with Crippen molar-refractivity contribution in [1.29, 1.82) is 0 Å². The number of nitrogens with one attached hydrogen (secondary N) is 2. The van der Waals surface area contributed by atoms with Crippen LogP contribution in [0, 0.1) is 6.92 Å². The lowest BCUT2D eigenvalue weighted by atomic mass is 9.94. The van der Waals surface area contributed by atoms with Crippen molar-refractivity contribution >= 4 is 17.6 Å². The van der Waals surface area contributed by atoms with E-state index in [4.69, 9.17) is 9.26 Å². The minimum atomic E-state index is -0.264. The summed E-state index contributed by atoms with van der Waals surface area (Å²) in [7, 11) is 1.42. The summed E-state index contributed by atoms with van der Waals surface area (Å²) in [6.07, 6.45) is 3.10. The second-order valence-electron chi connectivity index (χ2n) is 8.23. The Labute approximate surface area is 200 Å². The van der Waals surface area contributed by atoms with Crippen molar-refractivity contribution in [2.24, 2.45) is 0 Å². The number of benzene rings is 2. The zero-order valence-electron chi connectivity index (χ0n) is 19.7. The highest BCUT2D eigenvalue weighted by atomic mass is 16.5. The molecule has 1 aromatic heterocycles. The number of ether oxygens (including phenoxy) is 1. The van der Waals surface area contributed by atoms with Gasteiger partial charge in [0.25, 0.3) is 0 Å². The number of rotatable bonds is 4. The van der Waals surface area contributed by atoms with E-state index >= 15 is 0 Å². The van der Waals surface area contributed by atoms with Crippen LogP contribution in [0.4, 0.5) is 6.01 Å². The summed E-state index contributed by atoms with van der Waals surface area (Å²) in [6.45, 7) is 7.61. The Morgan fingerprint density at radius 1 is 1.06 bits per heavy atom. The van der Waals surface area contributed by atoms with Crippen LogP contribution in [0.3, 0.4) is 0 Å². The Morgan fingerprint density at radius 2 is 1.85 bits per heavy atom. The number of nitrogens with zero attached hydrogens (tertiary/aromatic N) is 3. The highest BCUT2D eigenvalue weighted by molar-refractivity contribution is 5.95. The zero-order chi connectivity index (χ0) is 23.8. The number of anilines is 1. The number of hydrogen-bond donors (Lipinski definition) is 2. The van der Waals surface area contributed by atoms with Gasteiger partial charge in [-0.15, -0.1) is 0 Å². The number of carbonyl (C=O) groups is 1. The second-order valence-corrected chi connectivity index (χ2v) is 8.23. The molecular weight excluding hydrogens is 430 g/mol. The number of esters is 1. The number of aryl methyl sites for hydroxylation is 1. The third-order valence-electron chi connectivity index (χ3n) is 5.83. The molecule has 3 aromatic rings. The lowest BCUT2D eigenvalue weighted by Gasteiger charge is -2.24. The molecule has 1 saturated heterocycles. The molecule has 0 saturated carbocycles. The normalized spacial score (nSPS) is 15.7. The predicted molar refractivity (Wildman–Crippen MR) is 133 cm³/mol. The lowest BCUT2D eigenvalue weighted by molar-refractivity contribution is 0.0600. The van der Waals surface area contributed by atoms with Crippen molar-refractivity contribution in [1.82, 2.24) is 20.8 Å². The van der Waals surface area contributed by atoms with E-state index in [1.807, 2.05) is 49.4 Å². The summed E-state index contributed by atoms with van der Waals surface area (Å²) in [6, 6.07) is 16.3. The molecule has 2 N–H and O–H groups in total. The highest BCUT2D eigenvalue weighted by Crippen LogP contribution is 2.25. The van der Waals surface area contributed by atoms with E-state index in [9.17, 15) is 4.79 Å². The maximum Gasteiger partial charge on any atom is 0.338 e. The third kappa shape index (κ3) is 5.89. The van der Waals surface area contributed by atoms with Gasteiger partial charge < -0.3 is 24.8 Å². The molecule has 2 aromatic carbocycles. The average molecular weight is 462 g/mol. The zero-order valence-corrected chi connectivity index (χ0v) is 19.7. The highest BCUT2D eigenvalue weighted by Gasteiger charge is 2.18. The van der Waals surface area contributed by atoms with Gasteiger partial charge in [0.15, 0.2) is 0 Å². The molecule has 2 aliphatic heterocycles. The summed E-state index contributed by atoms with van der Waals surface area (Å²) < 4.78 is 10.1. The Balaban J connectivity index is 0.000000161. The smallest absolute Gasteiger partial charge is 0.338 e. The van der Waals surface area contributed by atoms with Crippen LogP contribution in [-0.2, 0) is 4.74 Å². The molecule has 5 rings (SSSR count). The fourth-order valence-electron chi connectivity index (χ4n) is 3.98. The van der Waals surface area contributed by atoms with E-state index in [0.717, 1.165) is 62.4 Å². The van der Waals surface area contributed by atoms with Crippen LogP contribution >= 0.6 is 0 Å². The van der Waals surface area contributed by atoms with Crippen molar-refractivity contribution in [2.45, 2.75) is 13.3 Å².